The minimum atomic E-state index is -1.65. The maximum absolute atomic E-state index is 3.71. The standard InChI is InChI=1S/C23H30Si/c1-4-5-6-11-18-23(20-19-21-14-9-7-10-15-21)24(2,3)22-16-12-8-13-17-22/h7-10,12-17,19H,4-6,11,18H2,1-3H3. The van der Waals surface area contributed by atoms with E-state index in [9.17, 15) is 0 Å². The SMILES string of the molecule is CCCCCCC(=C=Cc1ccccc1)[Si](C)(C)c1ccccc1. The van der Waals surface area contributed by atoms with E-state index in [4.69, 9.17) is 0 Å². The van der Waals surface area contributed by atoms with Gasteiger partial charge >= 0.3 is 0 Å². The Morgan fingerprint density at radius 3 is 2.12 bits per heavy atom. The lowest BCUT2D eigenvalue weighted by molar-refractivity contribution is 0.670. The Kier molecular flexibility index (Phi) is 7.30. The van der Waals surface area contributed by atoms with E-state index in [1.807, 2.05) is 0 Å². The molecule has 0 spiro atoms. The van der Waals surface area contributed by atoms with Gasteiger partial charge in [-0.2, -0.15) is 0 Å². The summed E-state index contributed by atoms with van der Waals surface area (Å²) in [4.78, 5) is 0. The van der Waals surface area contributed by atoms with Crippen LogP contribution in [0.25, 0.3) is 6.08 Å². The molecule has 0 fully saturated rings. The third-order valence-corrected chi connectivity index (χ3v) is 8.42. The minimum absolute atomic E-state index is 1.18. The van der Waals surface area contributed by atoms with Gasteiger partial charge in [0.1, 0.15) is 8.07 Å². The average Bonchev–Trinajstić information content (AvgIpc) is 2.62. The van der Waals surface area contributed by atoms with Gasteiger partial charge in [0.05, 0.1) is 0 Å². The molecule has 0 aliphatic carbocycles. The first-order valence-electron chi connectivity index (χ1n) is 9.21. The monoisotopic (exact) mass is 334 g/mol. The molecule has 0 aliphatic rings. The van der Waals surface area contributed by atoms with E-state index in [2.05, 4.69) is 92.5 Å². The predicted octanol–water partition coefficient (Wildman–Crippen LogP) is 6.35. The van der Waals surface area contributed by atoms with Crippen molar-refractivity contribution in [2.75, 3.05) is 0 Å². The van der Waals surface area contributed by atoms with Crippen molar-refractivity contribution in [3.05, 3.63) is 77.2 Å². The molecular weight excluding hydrogens is 304 g/mol. The normalized spacial score (nSPS) is 11.0. The molecule has 0 unspecified atom stereocenters. The van der Waals surface area contributed by atoms with Gasteiger partial charge < -0.3 is 0 Å². The minimum Gasteiger partial charge on any atom is -0.125 e. The largest absolute Gasteiger partial charge is 0.125 e. The molecule has 0 amide bonds. The first-order valence-corrected chi connectivity index (χ1v) is 12.2. The van der Waals surface area contributed by atoms with Gasteiger partial charge in [0.2, 0.25) is 0 Å². The first kappa shape index (κ1) is 18.5. The van der Waals surface area contributed by atoms with Gasteiger partial charge in [-0.25, -0.2) is 0 Å². The van der Waals surface area contributed by atoms with E-state index >= 15 is 0 Å². The van der Waals surface area contributed by atoms with Crippen LogP contribution in [0, 0.1) is 0 Å². The molecule has 0 N–H and O–H groups in total. The van der Waals surface area contributed by atoms with Crippen molar-refractivity contribution in [3.8, 4) is 0 Å². The molecule has 126 valence electrons. The van der Waals surface area contributed by atoms with Gasteiger partial charge in [-0.1, -0.05) is 105 Å². The van der Waals surface area contributed by atoms with Crippen LogP contribution in [0.15, 0.2) is 71.6 Å². The zero-order chi connectivity index (χ0) is 17.3. The van der Waals surface area contributed by atoms with Crippen LogP contribution in [0.5, 0.6) is 0 Å². The molecule has 0 radical (unpaired) electrons. The Labute approximate surface area is 149 Å². The van der Waals surface area contributed by atoms with E-state index in [0.717, 1.165) is 0 Å². The average molecular weight is 335 g/mol. The lowest BCUT2D eigenvalue weighted by atomic mass is 10.1. The molecule has 2 aromatic rings. The maximum Gasteiger partial charge on any atom is 0.116 e. The second kappa shape index (κ2) is 9.47. The highest BCUT2D eigenvalue weighted by molar-refractivity contribution is 6.95. The molecule has 0 aromatic heterocycles. The lowest BCUT2D eigenvalue weighted by Crippen LogP contribution is -2.43. The van der Waals surface area contributed by atoms with Crippen LogP contribution in [-0.4, -0.2) is 8.07 Å². The Morgan fingerprint density at radius 1 is 0.875 bits per heavy atom. The maximum atomic E-state index is 3.71. The van der Waals surface area contributed by atoms with Crippen molar-refractivity contribution >= 4 is 19.3 Å². The molecule has 0 nitrogen and oxygen atoms in total. The van der Waals surface area contributed by atoms with Crippen LogP contribution in [0.4, 0.5) is 0 Å². The molecule has 1 heteroatoms. The van der Waals surface area contributed by atoms with Crippen LogP contribution in [0.3, 0.4) is 0 Å². The van der Waals surface area contributed by atoms with Crippen molar-refractivity contribution in [2.45, 2.75) is 52.1 Å². The van der Waals surface area contributed by atoms with E-state index < -0.39 is 8.07 Å². The molecule has 0 saturated carbocycles. The highest BCUT2D eigenvalue weighted by Crippen LogP contribution is 2.21. The lowest BCUT2D eigenvalue weighted by Gasteiger charge is -2.25. The quantitative estimate of drug-likeness (QED) is 0.300. The van der Waals surface area contributed by atoms with Crippen molar-refractivity contribution in [3.63, 3.8) is 0 Å². The number of allylic oxidation sites excluding steroid dienone is 1. The van der Waals surface area contributed by atoms with E-state index in [-0.39, 0.29) is 0 Å². The number of hydrogen-bond acceptors (Lipinski definition) is 0. The summed E-state index contributed by atoms with van der Waals surface area (Å²) in [6, 6.07) is 21.6. The Hall–Kier alpha value is -1.82. The zero-order valence-electron chi connectivity index (χ0n) is 15.4. The fraction of sp³-hybridized carbons (Fsp3) is 0.348. The first-order chi connectivity index (χ1) is 11.6. The van der Waals surface area contributed by atoms with Crippen molar-refractivity contribution in [2.24, 2.45) is 0 Å². The number of unbranched alkanes of at least 4 members (excludes halogenated alkanes) is 3. The van der Waals surface area contributed by atoms with Gasteiger partial charge in [0.15, 0.2) is 0 Å². The van der Waals surface area contributed by atoms with Gasteiger partial charge in [-0.15, -0.1) is 5.73 Å². The molecule has 24 heavy (non-hydrogen) atoms. The molecule has 2 aromatic carbocycles. The van der Waals surface area contributed by atoms with Crippen LogP contribution < -0.4 is 5.19 Å². The summed E-state index contributed by atoms with van der Waals surface area (Å²) < 4.78 is 0. The third-order valence-electron chi connectivity index (χ3n) is 4.74. The zero-order valence-corrected chi connectivity index (χ0v) is 16.4. The van der Waals surface area contributed by atoms with E-state index in [1.165, 1.54) is 48.1 Å². The molecule has 0 atom stereocenters. The topological polar surface area (TPSA) is 0 Å². The van der Waals surface area contributed by atoms with Crippen molar-refractivity contribution in [1.82, 2.24) is 0 Å². The number of rotatable bonds is 8. The molecule has 0 aliphatic heterocycles. The Bertz CT molecular complexity index is 662. The van der Waals surface area contributed by atoms with Crippen LogP contribution in [0.2, 0.25) is 13.1 Å². The van der Waals surface area contributed by atoms with Crippen molar-refractivity contribution in [1.29, 1.82) is 0 Å². The summed E-state index contributed by atoms with van der Waals surface area (Å²) in [6.45, 7) is 7.20. The number of benzene rings is 2. The van der Waals surface area contributed by atoms with Crippen LogP contribution in [0.1, 0.15) is 44.6 Å². The van der Waals surface area contributed by atoms with Gasteiger partial charge in [-0.05, 0) is 29.7 Å². The highest BCUT2D eigenvalue weighted by atomic mass is 28.3. The van der Waals surface area contributed by atoms with Gasteiger partial charge in [0.25, 0.3) is 0 Å². The van der Waals surface area contributed by atoms with Crippen LogP contribution in [-0.2, 0) is 0 Å². The molecule has 0 heterocycles. The molecule has 2 rings (SSSR count). The molecule has 0 bridgehead atoms. The van der Waals surface area contributed by atoms with E-state index in [0.29, 0.717) is 0 Å². The Morgan fingerprint density at radius 2 is 1.50 bits per heavy atom. The highest BCUT2D eigenvalue weighted by Gasteiger charge is 2.27. The summed E-state index contributed by atoms with van der Waals surface area (Å²) in [5.41, 5.74) is 4.94. The predicted molar refractivity (Wildman–Crippen MR) is 110 cm³/mol. The van der Waals surface area contributed by atoms with Crippen LogP contribution >= 0.6 is 0 Å². The summed E-state index contributed by atoms with van der Waals surface area (Å²) in [5.74, 6) is 0. The third kappa shape index (κ3) is 5.37. The second-order valence-electron chi connectivity index (χ2n) is 6.98. The summed E-state index contributed by atoms with van der Waals surface area (Å²) >= 11 is 0. The number of hydrogen-bond donors (Lipinski definition) is 0. The second-order valence-corrected chi connectivity index (χ2v) is 11.4. The smallest absolute Gasteiger partial charge is 0.116 e. The van der Waals surface area contributed by atoms with E-state index in [1.54, 1.807) is 0 Å². The fourth-order valence-corrected chi connectivity index (χ4v) is 5.65. The molecular formula is C23H30Si. The summed E-state index contributed by atoms with van der Waals surface area (Å²) in [7, 11) is -1.65. The van der Waals surface area contributed by atoms with Gasteiger partial charge in [-0.3, -0.25) is 0 Å². The van der Waals surface area contributed by atoms with Gasteiger partial charge in [0, 0.05) is 0 Å². The molecule has 0 saturated heterocycles. The summed E-state index contributed by atoms with van der Waals surface area (Å²) in [5, 5.41) is 3.04. The summed E-state index contributed by atoms with van der Waals surface area (Å²) in [6.07, 6.45) is 8.58. The Balaban J connectivity index is 2.30. The van der Waals surface area contributed by atoms with Crippen molar-refractivity contribution < 1.29 is 0 Å². The fourth-order valence-electron chi connectivity index (χ4n) is 3.04.